The fourth-order valence-electron chi connectivity index (χ4n) is 9.75. The molecule has 4 unspecified atom stereocenters. The molecule has 8 heteroatoms. The lowest BCUT2D eigenvalue weighted by Crippen LogP contribution is -2.62. The summed E-state index contributed by atoms with van der Waals surface area (Å²) in [7, 11) is -3.56. The van der Waals surface area contributed by atoms with Crippen molar-refractivity contribution in [3.05, 3.63) is 0 Å². The number of aliphatic hydroxyl groups is 2. The van der Waals surface area contributed by atoms with E-state index in [1.807, 2.05) is 4.72 Å². The number of urea groups is 1. The highest BCUT2D eigenvalue weighted by molar-refractivity contribution is 7.89. The highest BCUT2D eigenvalue weighted by Crippen LogP contribution is 2.69. The Kier molecular flexibility index (Phi) is 7.60. The highest BCUT2D eigenvalue weighted by Gasteiger charge is 2.64. The van der Waals surface area contributed by atoms with E-state index in [9.17, 15) is 23.4 Å². The summed E-state index contributed by atoms with van der Waals surface area (Å²) in [5.74, 6) is 3.03. The second kappa shape index (κ2) is 9.79. The van der Waals surface area contributed by atoms with Crippen molar-refractivity contribution in [1.82, 2.24) is 10.0 Å². The number of amides is 2. The Morgan fingerprint density at radius 2 is 1.69 bits per heavy atom. The van der Waals surface area contributed by atoms with Crippen LogP contribution in [0.1, 0.15) is 85.5 Å². The summed E-state index contributed by atoms with van der Waals surface area (Å²) in [6.45, 7) is 9.87. The van der Waals surface area contributed by atoms with Crippen LogP contribution in [0.5, 0.6) is 0 Å². The lowest BCUT2D eigenvalue weighted by molar-refractivity contribution is -0.203. The number of hydrogen-bond acceptors (Lipinski definition) is 5. The fraction of sp³-hybridized carbons (Fsp3) is 0.963. The molecule has 0 aromatic heterocycles. The smallest absolute Gasteiger partial charge is 0.328 e. The fourth-order valence-corrected chi connectivity index (χ4v) is 10.2. The molecule has 7 nitrogen and oxygen atoms in total. The number of sulfonamides is 1. The Bertz CT molecular complexity index is 896. The standard InChI is InChI=1S/C27H48N2O5S/c1-6-18-22-15-17(30)9-12-27(22,4)21-10-13-26(3)19(7-8-20(26)23(21)24(18)31)16(2)11-14-28-25(32)29-35(5,33)34/h16-24,30-31H,6-15H2,1-5H3,(H2,28,29,32)/t16-,17-,18-,19?,20+,21+,22?,23+,24-,26?,27?/m1/s1. The van der Waals surface area contributed by atoms with Crippen LogP contribution in [0.25, 0.3) is 0 Å². The number of aliphatic hydroxyl groups excluding tert-OH is 2. The Morgan fingerprint density at radius 1 is 1.03 bits per heavy atom. The maximum absolute atomic E-state index is 11.8. The van der Waals surface area contributed by atoms with Gasteiger partial charge in [-0.1, -0.05) is 34.1 Å². The normalized spacial score (nSPS) is 46.1. The van der Waals surface area contributed by atoms with E-state index in [0.717, 1.165) is 57.6 Å². The van der Waals surface area contributed by atoms with Crippen molar-refractivity contribution in [2.75, 3.05) is 12.8 Å². The van der Waals surface area contributed by atoms with Gasteiger partial charge in [0.2, 0.25) is 10.0 Å². The van der Waals surface area contributed by atoms with E-state index in [1.54, 1.807) is 0 Å². The summed E-state index contributed by atoms with van der Waals surface area (Å²) >= 11 is 0. The molecule has 4 fully saturated rings. The zero-order valence-corrected chi connectivity index (χ0v) is 23.1. The van der Waals surface area contributed by atoms with Crippen molar-refractivity contribution in [3.8, 4) is 0 Å². The number of hydrogen-bond donors (Lipinski definition) is 4. The summed E-state index contributed by atoms with van der Waals surface area (Å²) in [5.41, 5.74) is 0.401. The highest BCUT2D eigenvalue weighted by atomic mass is 32.2. The Morgan fingerprint density at radius 3 is 2.34 bits per heavy atom. The SMILES string of the molecule is CC[C@@H]1C2C[C@H](O)CCC2(C)[C@H]2CCC3(C)C([C@H](C)CCNC(=O)NS(C)(=O)=O)CC[C@H]3[C@@H]2[C@@H]1O. The number of fused-ring (bicyclic) bond motifs is 5. The van der Waals surface area contributed by atoms with Crippen LogP contribution in [0.3, 0.4) is 0 Å². The quantitative estimate of drug-likeness (QED) is 0.431. The largest absolute Gasteiger partial charge is 0.393 e. The maximum Gasteiger partial charge on any atom is 0.328 e. The minimum Gasteiger partial charge on any atom is -0.393 e. The van der Waals surface area contributed by atoms with Crippen LogP contribution in [0.15, 0.2) is 0 Å². The molecule has 4 aliphatic rings. The Hall–Kier alpha value is -0.860. The Balaban J connectivity index is 1.47. The van der Waals surface area contributed by atoms with Crippen molar-refractivity contribution < 1.29 is 23.4 Å². The third-order valence-electron chi connectivity index (χ3n) is 11.3. The Labute approximate surface area is 212 Å². The average molecular weight is 513 g/mol. The zero-order chi connectivity index (χ0) is 25.8. The van der Waals surface area contributed by atoms with Crippen molar-refractivity contribution >= 4 is 16.1 Å². The van der Waals surface area contributed by atoms with Crippen molar-refractivity contribution in [3.63, 3.8) is 0 Å². The van der Waals surface area contributed by atoms with Crippen LogP contribution in [0.4, 0.5) is 4.79 Å². The number of carbonyl (C=O) groups excluding carboxylic acids is 1. The van der Waals surface area contributed by atoms with Gasteiger partial charge in [-0.2, -0.15) is 0 Å². The molecule has 4 aliphatic carbocycles. The van der Waals surface area contributed by atoms with Gasteiger partial charge in [0, 0.05) is 6.54 Å². The molecule has 202 valence electrons. The number of carbonyl (C=O) groups is 1. The van der Waals surface area contributed by atoms with E-state index in [4.69, 9.17) is 0 Å². The zero-order valence-electron chi connectivity index (χ0n) is 22.3. The lowest BCUT2D eigenvalue weighted by atomic mass is 9.41. The minimum atomic E-state index is -3.56. The van der Waals surface area contributed by atoms with E-state index >= 15 is 0 Å². The van der Waals surface area contributed by atoms with Crippen LogP contribution >= 0.6 is 0 Å². The molecular weight excluding hydrogens is 464 g/mol. The van der Waals surface area contributed by atoms with Gasteiger partial charge in [0.05, 0.1) is 18.5 Å². The van der Waals surface area contributed by atoms with E-state index in [0.29, 0.717) is 42.1 Å². The molecule has 2 amide bonds. The monoisotopic (exact) mass is 512 g/mol. The van der Waals surface area contributed by atoms with Gasteiger partial charge in [-0.3, -0.25) is 0 Å². The van der Waals surface area contributed by atoms with Gasteiger partial charge in [-0.15, -0.1) is 0 Å². The molecule has 0 heterocycles. The molecule has 0 spiro atoms. The first kappa shape index (κ1) is 27.2. The van der Waals surface area contributed by atoms with Crippen LogP contribution in [0.2, 0.25) is 0 Å². The van der Waals surface area contributed by atoms with Crippen LogP contribution in [-0.2, 0) is 10.0 Å². The van der Waals surface area contributed by atoms with Gasteiger partial charge >= 0.3 is 6.03 Å². The first-order valence-corrected chi connectivity index (χ1v) is 15.8. The van der Waals surface area contributed by atoms with E-state index in [2.05, 4.69) is 33.0 Å². The molecule has 0 bridgehead atoms. The first-order valence-electron chi connectivity index (χ1n) is 13.9. The minimum absolute atomic E-state index is 0.187. The molecule has 0 saturated heterocycles. The third-order valence-corrected chi connectivity index (χ3v) is 11.9. The van der Waals surface area contributed by atoms with E-state index in [-0.39, 0.29) is 29.0 Å². The molecule has 35 heavy (non-hydrogen) atoms. The van der Waals surface area contributed by atoms with Crippen molar-refractivity contribution in [2.45, 2.75) is 97.7 Å². The number of nitrogens with one attached hydrogen (secondary N) is 2. The molecule has 4 rings (SSSR count). The van der Waals surface area contributed by atoms with Gasteiger partial charge in [-0.25, -0.2) is 17.9 Å². The predicted octanol–water partition coefficient (Wildman–Crippen LogP) is 3.90. The first-order chi connectivity index (χ1) is 16.3. The summed E-state index contributed by atoms with van der Waals surface area (Å²) in [5, 5.41) is 25.0. The topological polar surface area (TPSA) is 116 Å². The predicted molar refractivity (Wildman–Crippen MR) is 137 cm³/mol. The van der Waals surface area contributed by atoms with Crippen LogP contribution in [-0.4, -0.2) is 49.7 Å². The van der Waals surface area contributed by atoms with E-state index < -0.39 is 16.1 Å². The average Bonchev–Trinajstić information content (AvgIpc) is 3.11. The van der Waals surface area contributed by atoms with Crippen molar-refractivity contribution in [1.29, 1.82) is 0 Å². The second-order valence-corrected chi connectivity index (χ2v) is 14.8. The third kappa shape index (κ3) is 4.88. The number of rotatable bonds is 6. The molecule has 0 aromatic rings. The van der Waals surface area contributed by atoms with Gasteiger partial charge in [0.25, 0.3) is 0 Å². The van der Waals surface area contributed by atoms with Crippen LogP contribution in [0, 0.1) is 52.3 Å². The molecule has 0 aliphatic heterocycles. The van der Waals surface area contributed by atoms with Gasteiger partial charge in [0.15, 0.2) is 0 Å². The van der Waals surface area contributed by atoms with Gasteiger partial charge in [-0.05, 0) is 104 Å². The lowest BCUT2D eigenvalue weighted by Gasteiger charge is -2.64. The van der Waals surface area contributed by atoms with Crippen molar-refractivity contribution in [2.24, 2.45) is 52.3 Å². The molecule has 0 radical (unpaired) electrons. The van der Waals surface area contributed by atoms with E-state index in [1.165, 1.54) is 6.42 Å². The summed E-state index contributed by atoms with van der Waals surface area (Å²) < 4.78 is 24.5. The molecule has 0 aromatic carbocycles. The molecule has 11 atom stereocenters. The van der Waals surface area contributed by atoms with Crippen LogP contribution < -0.4 is 10.0 Å². The second-order valence-electron chi connectivity index (χ2n) is 13.0. The summed E-state index contributed by atoms with van der Waals surface area (Å²) in [6.07, 6.45) is 9.74. The van der Waals surface area contributed by atoms with Gasteiger partial charge < -0.3 is 15.5 Å². The molecule has 4 saturated carbocycles. The molecular formula is C27H48N2O5S. The summed E-state index contributed by atoms with van der Waals surface area (Å²) in [6, 6.07) is -0.660. The summed E-state index contributed by atoms with van der Waals surface area (Å²) in [4.78, 5) is 11.8. The molecule has 4 N–H and O–H groups in total. The van der Waals surface area contributed by atoms with Gasteiger partial charge in [0.1, 0.15) is 0 Å². The maximum atomic E-state index is 11.8.